The van der Waals surface area contributed by atoms with Crippen LogP contribution in [0.4, 0.5) is 0 Å². The molecule has 272 valence electrons. The second-order valence-corrected chi connectivity index (χ2v) is 17.2. The maximum absolute atomic E-state index is 13.7. The van der Waals surface area contributed by atoms with Crippen molar-refractivity contribution < 1.29 is 71.3 Å². The molecule has 0 atom stereocenters. The van der Waals surface area contributed by atoms with Crippen molar-refractivity contribution in [2.24, 2.45) is 0 Å². The van der Waals surface area contributed by atoms with Crippen molar-refractivity contribution in [3.63, 3.8) is 0 Å². The molecule has 0 heterocycles. The molecule has 0 spiro atoms. The van der Waals surface area contributed by atoms with Crippen molar-refractivity contribution in [3.05, 3.63) is 101 Å². The lowest BCUT2D eigenvalue weighted by atomic mass is 9.81. The molecule has 0 aliphatic rings. The van der Waals surface area contributed by atoms with Crippen molar-refractivity contribution in [1.82, 2.24) is 0 Å². The Kier molecular flexibility index (Phi) is 10.4. The van der Waals surface area contributed by atoms with Gasteiger partial charge >= 0.3 is 0 Å². The Balaban J connectivity index is 1.92. The number of carbonyl (C=O) groups is 2. The zero-order valence-corrected chi connectivity index (χ0v) is 29.8. The predicted molar refractivity (Wildman–Crippen MR) is 177 cm³/mol. The highest BCUT2D eigenvalue weighted by atomic mass is 32.2. The Morgan fingerprint density at radius 3 is 1.25 bits per heavy atom. The molecule has 0 saturated heterocycles. The van der Waals surface area contributed by atoms with Crippen molar-refractivity contribution in [2.45, 2.75) is 52.2 Å². The van der Waals surface area contributed by atoms with Gasteiger partial charge in [0.1, 0.15) is 21.3 Å². The van der Waals surface area contributed by atoms with Gasteiger partial charge in [-0.1, -0.05) is 20.8 Å². The first-order valence-electron chi connectivity index (χ1n) is 14.2. The molecule has 4 rings (SSSR count). The highest BCUT2D eigenvalue weighted by Gasteiger charge is 2.36. The summed E-state index contributed by atoms with van der Waals surface area (Å²) in [6.07, 6.45) is 0.0552. The topological polar surface area (TPSA) is 281 Å². The lowest BCUT2D eigenvalue weighted by Gasteiger charge is -2.28. The van der Waals surface area contributed by atoms with Gasteiger partial charge in [-0.3, -0.25) is 27.8 Å². The maximum Gasteiger partial charge on any atom is 0.298 e. The van der Waals surface area contributed by atoms with Gasteiger partial charge in [0.2, 0.25) is 0 Å². The van der Waals surface area contributed by atoms with E-state index in [1.165, 1.54) is 57.2 Å². The number of ether oxygens (including phenoxy) is 1. The molecule has 0 amide bonds. The molecular weight excluding hydrogens is 757 g/mol. The van der Waals surface area contributed by atoms with E-state index in [-0.39, 0.29) is 29.0 Å². The number of hydrogen-bond donors (Lipinski definition) is 5. The Morgan fingerprint density at radius 2 is 0.902 bits per heavy atom. The number of rotatable bonds is 12. The molecule has 0 bridgehead atoms. The van der Waals surface area contributed by atoms with E-state index in [0.717, 1.165) is 12.1 Å². The van der Waals surface area contributed by atoms with E-state index in [2.05, 4.69) is 0 Å². The number of phenols is 1. The highest BCUT2D eigenvalue weighted by molar-refractivity contribution is 7.87. The number of aromatic hydroxyl groups is 1. The summed E-state index contributed by atoms with van der Waals surface area (Å²) in [5, 5.41) is 9.45. The summed E-state index contributed by atoms with van der Waals surface area (Å²) >= 11 is 0. The van der Waals surface area contributed by atoms with Crippen molar-refractivity contribution >= 4 is 52.0 Å². The first-order chi connectivity index (χ1) is 23.3. The van der Waals surface area contributed by atoms with Gasteiger partial charge in [0.05, 0.1) is 9.79 Å². The molecule has 0 aliphatic carbocycles. The first-order valence-corrected chi connectivity index (χ1v) is 19.9. The molecule has 0 aromatic heterocycles. The van der Waals surface area contributed by atoms with Crippen LogP contribution in [-0.2, 0) is 45.9 Å². The van der Waals surface area contributed by atoms with Crippen LogP contribution in [0.3, 0.4) is 0 Å². The van der Waals surface area contributed by atoms with Gasteiger partial charge in [0.15, 0.2) is 17.3 Å². The number of carbonyl (C=O) groups excluding carboxylic acids is 2. The fourth-order valence-electron chi connectivity index (χ4n) is 4.90. The Bertz CT molecular complexity index is 2410. The fraction of sp³-hybridized carbons (Fsp3) is 0.161. The van der Waals surface area contributed by atoms with Crippen LogP contribution in [-0.4, -0.2) is 68.6 Å². The second-order valence-electron chi connectivity index (χ2n) is 11.6. The first kappa shape index (κ1) is 39.2. The van der Waals surface area contributed by atoms with Crippen molar-refractivity contribution in [2.75, 3.05) is 0 Å². The quantitative estimate of drug-likeness (QED) is 0.0987. The third kappa shape index (κ3) is 8.51. The summed E-state index contributed by atoms with van der Waals surface area (Å²) in [5.41, 5.74) is -3.60. The average Bonchev–Trinajstić information content (AvgIpc) is 3.02. The van der Waals surface area contributed by atoms with Crippen LogP contribution in [0, 0.1) is 0 Å². The monoisotopic (exact) mass is 784 g/mol. The summed E-state index contributed by atoms with van der Waals surface area (Å²) in [7, 11) is -21.7. The highest BCUT2D eigenvalue weighted by Crippen LogP contribution is 2.40. The predicted octanol–water partition coefficient (Wildman–Crippen LogP) is 4.32. The summed E-state index contributed by atoms with van der Waals surface area (Å²) < 4.78 is 145. The Hall–Kier alpha value is -4.54. The summed E-state index contributed by atoms with van der Waals surface area (Å²) in [4.78, 5) is 21.4. The third-order valence-corrected chi connectivity index (χ3v) is 11.2. The van der Waals surface area contributed by atoms with E-state index in [0.29, 0.717) is 24.3 Å². The van der Waals surface area contributed by atoms with Crippen LogP contribution < -0.4 is 4.74 Å². The standard InChI is InChI=1S/C31H28O16S4/c1-4-31(2,3)27-23(48(35,36)37)13-19(14-24(27)49(38,39)40)29(34)20-15-25(50(41,42)43)30(26(16-20)51(44,45)46)47-22-11-7-18(8-12-22)28(33)17-5-9-21(32)10-6-17/h5-16,32H,4H2,1-3H3,(H,35,36,37)(H,38,39,40)(H,41,42,43)(H,44,45,46). The largest absolute Gasteiger partial charge is 0.508 e. The molecule has 20 heteroatoms. The smallest absolute Gasteiger partial charge is 0.298 e. The number of phenolic OH excluding ortho intramolecular Hbond substituents is 1. The summed E-state index contributed by atoms with van der Waals surface area (Å²) in [6, 6.07) is 11.6. The van der Waals surface area contributed by atoms with E-state index in [4.69, 9.17) is 4.74 Å². The lowest BCUT2D eigenvalue weighted by molar-refractivity contribution is 0.103. The zero-order chi connectivity index (χ0) is 38.5. The van der Waals surface area contributed by atoms with E-state index in [1.807, 2.05) is 0 Å². The minimum absolute atomic E-state index is 0.0552. The van der Waals surface area contributed by atoms with Crippen LogP contribution in [0.1, 0.15) is 64.6 Å². The molecule has 4 aromatic carbocycles. The second kappa shape index (κ2) is 13.5. The Morgan fingerprint density at radius 1 is 0.569 bits per heavy atom. The third-order valence-electron chi connectivity index (χ3n) is 7.75. The molecule has 0 saturated carbocycles. The van der Waals surface area contributed by atoms with Crippen LogP contribution >= 0.6 is 0 Å². The molecule has 16 nitrogen and oxygen atoms in total. The van der Waals surface area contributed by atoms with Crippen LogP contribution in [0.2, 0.25) is 0 Å². The van der Waals surface area contributed by atoms with E-state index in [9.17, 15) is 66.6 Å². The Labute approximate surface area is 292 Å². The van der Waals surface area contributed by atoms with Crippen molar-refractivity contribution in [3.8, 4) is 17.2 Å². The molecule has 0 fully saturated rings. The van der Waals surface area contributed by atoms with Gasteiger partial charge in [0.25, 0.3) is 40.5 Å². The molecule has 0 aliphatic heterocycles. The number of ketones is 2. The molecule has 0 radical (unpaired) electrons. The molecule has 5 N–H and O–H groups in total. The minimum atomic E-state index is -5.53. The molecule has 4 aromatic rings. The number of benzene rings is 4. The summed E-state index contributed by atoms with van der Waals surface area (Å²) in [6.45, 7) is 4.29. The van der Waals surface area contributed by atoms with Crippen LogP contribution in [0.15, 0.2) is 92.4 Å². The molecule has 51 heavy (non-hydrogen) atoms. The van der Waals surface area contributed by atoms with Crippen molar-refractivity contribution in [1.29, 1.82) is 0 Å². The van der Waals surface area contributed by atoms with Gasteiger partial charge in [-0.15, -0.1) is 0 Å². The van der Waals surface area contributed by atoms with E-state index in [1.54, 1.807) is 0 Å². The van der Waals surface area contributed by atoms with E-state index < -0.39 is 99.5 Å². The molecular formula is C31H28O16S4. The minimum Gasteiger partial charge on any atom is -0.508 e. The normalized spacial score (nSPS) is 12.8. The van der Waals surface area contributed by atoms with Gasteiger partial charge in [0, 0.05) is 22.3 Å². The van der Waals surface area contributed by atoms with Gasteiger partial charge in [-0.2, -0.15) is 33.7 Å². The van der Waals surface area contributed by atoms with Crippen LogP contribution in [0.25, 0.3) is 0 Å². The number of hydrogen-bond acceptors (Lipinski definition) is 12. The van der Waals surface area contributed by atoms with Crippen LogP contribution in [0.5, 0.6) is 17.2 Å². The average molecular weight is 785 g/mol. The summed E-state index contributed by atoms with van der Waals surface area (Å²) in [5.74, 6) is -3.65. The molecule has 0 unspecified atom stereocenters. The van der Waals surface area contributed by atoms with Gasteiger partial charge in [-0.25, -0.2) is 0 Å². The zero-order valence-electron chi connectivity index (χ0n) is 26.5. The van der Waals surface area contributed by atoms with E-state index >= 15 is 0 Å². The maximum atomic E-state index is 13.7. The van der Waals surface area contributed by atoms with Gasteiger partial charge < -0.3 is 9.84 Å². The SMILES string of the molecule is CCC(C)(C)c1c(S(=O)(=O)O)cc(C(=O)c2cc(S(=O)(=O)O)c(Oc3ccc(C(=O)c4ccc(O)cc4)cc3)c(S(=O)(=O)O)c2)cc1S(=O)(=O)O. The van der Waals surface area contributed by atoms with Gasteiger partial charge in [-0.05, 0) is 90.2 Å². The fourth-order valence-corrected chi connectivity index (χ4v) is 8.19. The lowest BCUT2D eigenvalue weighted by Crippen LogP contribution is -2.24.